The molecule has 0 fully saturated rings. The third-order valence-corrected chi connectivity index (χ3v) is 4.99. The monoisotopic (exact) mass is 383 g/mol. The number of nitrogens with zero attached hydrogens (tertiary/aromatic N) is 4. The van der Waals surface area contributed by atoms with Crippen LogP contribution in [0.1, 0.15) is 4.88 Å². The second kappa shape index (κ2) is 7.15. The molecule has 0 saturated carbocycles. The fourth-order valence-corrected chi connectivity index (χ4v) is 3.44. The van der Waals surface area contributed by atoms with Gasteiger partial charge in [0.15, 0.2) is 10.3 Å². The molecule has 8 heteroatoms. The van der Waals surface area contributed by atoms with Crippen molar-refractivity contribution in [3.05, 3.63) is 64.9 Å². The lowest BCUT2D eigenvalue weighted by molar-refractivity contribution is 0.415. The van der Waals surface area contributed by atoms with Crippen LogP contribution in [0.4, 0.5) is 10.8 Å². The van der Waals surface area contributed by atoms with Gasteiger partial charge < -0.3 is 10.1 Å². The molecule has 26 heavy (non-hydrogen) atoms. The van der Waals surface area contributed by atoms with E-state index in [9.17, 15) is 0 Å². The number of thiazole rings is 1. The highest BCUT2D eigenvalue weighted by Crippen LogP contribution is 2.28. The number of hydrogen-bond donors (Lipinski definition) is 1. The summed E-state index contributed by atoms with van der Waals surface area (Å²) in [5.74, 6) is 0.799. The Bertz CT molecular complexity index is 1070. The summed E-state index contributed by atoms with van der Waals surface area (Å²) >= 11 is 7.66. The van der Waals surface area contributed by atoms with Crippen LogP contribution < -0.4 is 10.1 Å². The van der Waals surface area contributed by atoms with Crippen LogP contribution in [0.25, 0.3) is 11.0 Å². The van der Waals surface area contributed by atoms with Crippen LogP contribution >= 0.6 is 22.9 Å². The second-order valence-corrected chi connectivity index (χ2v) is 6.74. The van der Waals surface area contributed by atoms with Gasteiger partial charge in [-0.25, -0.2) is 14.6 Å². The zero-order valence-corrected chi connectivity index (χ0v) is 15.3. The highest BCUT2D eigenvalue weighted by atomic mass is 35.5. The van der Waals surface area contributed by atoms with Gasteiger partial charge in [-0.2, -0.15) is 5.10 Å². The molecule has 4 rings (SSSR count). The molecule has 2 aromatic carbocycles. The van der Waals surface area contributed by atoms with E-state index >= 15 is 0 Å². The lowest BCUT2D eigenvalue weighted by atomic mass is 10.3. The van der Waals surface area contributed by atoms with Gasteiger partial charge in [0.25, 0.3) is 0 Å². The van der Waals surface area contributed by atoms with Crippen molar-refractivity contribution >= 4 is 51.0 Å². The Labute approximate surface area is 158 Å². The first-order valence-corrected chi connectivity index (χ1v) is 8.96. The van der Waals surface area contributed by atoms with Crippen LogP contribution in [-0.4, -0.2) is 28.0 Å². The quantitative estimate of drug-likeness (QED) is 0.504. The van der Waals surface area contributed by atoms with Crippen LogP contribution in [0.5, 0.6) is 5.75 Å². The molecule has 0 atom stereocenters. The van der Waals surface area contributed by atoms with Crippen molar-refractivity contribution in [2.24, 2.45) is 5.10 Å². The number of methoxy groups -OCH3 is 1. The van der Waals surface area contributed by atoms with E-state index in [1.807, 2.05) is 48.5 Å². The van der Waals surface area contributed by atoms with Crippen LogP contribution in [0.15, 0.2) is 60.0 Å². The summed E-state index contributed by atoms with van der Waals surface area (Å²) in [7, 11) is 1.64. The Hall–Kier alpha value is -2.90. The number of aromatic nitrogens is 3. The fraction of sp³-hybridized carbons (Fsp3) is 0.0556. The molecule has 0 spiro atoms. The SMILES string of the molecule is COc1ccc(Nc2nc(Cl)c(/C=N/n3cnc4ccccc43)s2)cc1. The number of nitrogens with one attached hydrogen (secondary N) is 1. The number of ether oxygens (including phenoxy) is 1. The smallest absolute Gasteiger partial charge is 0.189 e. The summed E-state index contributed by atoms with van der Waals surface area (Å²) < 4.78 is 6.86. The summed E-state index contributed by atoms with van der Waals surface area (Å²) in [5, 5.41) is 8.76. The number of rotatable bonds is 5. The normalized spacial score (nSPS) is 11.3. The zero-order valence-electron chi connectivity index (χ0n) is 13.8. The number of imidazole rings is 1. The maximum absolute atomic E-state index is 6.24. The Balaban J connectivity index is 1.54. The topological polar surface area (TPSA) is 64.3 Å². The molecule has 2 heterocycles. The van der Waals surface area contributed by atoms with Crippen molar-refractivity contribution in [2.45, 2.75) is 0 Å². The lowest BCUT2D eigenvalue weighted by Gasteiger charge is -2.03. The van der Waals surface area contributed by atoms with Crippen LogP contribution in [0.3, 0.4) is 0 Å². The minimum Gasteiger partial charge on any atom is -0.497 e. The lowest BCUT2D eigenvalue weighted by Crippen LogP contribution is -1.89. The number of benzene rings is 2. The Morgan fingerprint density at radius 1 is 1.19 bits per heavy atom. The largest absolute Gasteiger partial charge is 0.497 e. The van der Waals surface area contributed by atoms with Gasteiger partial charge in [0.2, 0.25) is 0 Å². The average Bonchev–Trinajstić information content (AvgIpc) is 3.24. The maximum atomic E-state index is 6.24. The van der Waals surface area contributed by atoms with Gasteiger partial charge in [0.05, 0.1) is 29.2 Å². The molecule has 0 unspecified atom stereocenters. The molecular weight excluding hydrogens is 370 g/mol. The molecule has 6 nitrogen and oxygen atoms in total. The van der Waals surface area contributed by atoms with Gasteiger partial charge >= 0.3 is 0 Å². The van der Waals surface area contributed by atoms with E-state index in [1.165, 1.54) is 11.3 Å². The van der Waals surface area contributed by atoms with E-state index in [0.29, 0.717) is 10.3 Å². The summed E-state index contributed by atoms with van der Waals surface area (Å²) in [6.07, 6.45) is 3.36. The molecule has 0 bridgehead atoms. The minimum atomic E-state index is 0.402. The molecule has 0 amide bonds. The first-order chi connectivity index (χ1) is 12.7. The van der Waals surface area contributed by atoms with Gasteiger partial charge in [0.1, 0.15) is 12.1 Å². The van der Waals surface area contributed by atoms with Crippen molar-refractivity contribution < 1.29 is 4.74 Å². The first-order valence-electron chi connectivity index (χ1n) is 7.77. The third-order valence-electron chi connectivity index (χ3n) is 3.69. The van der Waals surface area contributed by atoms with E-state index in [4.69, 9.17) is 16.3 Å². The summed E-state index contributed by atoms with van der Waals surface area (Å²) in [6.45, 7) is 0. The van der Waals surface area contributed by atoms with Gasteiger partial charge in [-0.15, -0.1) is 0 Å². The molecule has 0 aliphatic carbocycles. The predicted octanol–water partition coefficient (Wildman–Crippen LogP) is 4.78. The summed E-state index contributed by atoms with van der Waals surface area (Å²) in [4.78, 5) is 9.41. The van der Waals surface area contributed by atoms with E-state index in [2.05, 4.69) is 20.4 Å². The molecule has 2 aromatic heterocycles. The standard InChI is InChI=1S/C18H14ClN5OS/c1-25-13-8-6-12(7-9-13)22-18-23-17(19)16(26-18)10-21-24-11-20-14-4-2-3-5-15(14)24/h2-11H,1H3,(H,22,23)/b21-10+. The third kappa shape index (κ3) is 3.40. The Morgan fingerprint density at radius 2 is 2.00 bits per heavy atom. The predicted molar refractivity (Wildman–Crippen MR) is 106 cm³/mol. The van der Waals surface area contributed by atoms with E-state index in [-0.39, 0.29) is 0 Å². The number of para-hydroxylation sites is 2. The minimum absolute atomic E-state index is 0.402. The van der Waals surface area contributed by atoms with Gasteiger partial charge in [-0.1, -0.05) is 35.1 Å². The van der Waals surface area contributed by atoms with Crippen LogP contribution in [0, 0.1) is 0 Å². The van der Waals surface area contributed by atoms with E-state index < -0.39 is 0 Å². The van der Waals surface area contributed by atoms with Crippen LogP contribution in [0.2, 0.25) is 5.15 Å². The molecule has 130 valence electrons. The van der Waals surface area contributed by atoms with Gasteiger partial charge in [0, 0.05) is 5.69 Å². The second-order valence-electron chi connectivity index (χ2n) is 5.35. The van der Waals surface area contributed by atoms with Gasteiger partial charge in [-0.3, -0.25) is 0 Å². The Morgan fingerprint density at radius 3 is 2.81 bits per heavy atom. The molecule has 4 aromatic rings. The van der Waals surface area contributed by atoms with Crippen molar-refractivity contribution in [3.63, 3.8) is 0 Å². The summed E-state index contributed by atoms with van der Waals surface area (Å²) in [5.41, 5.74) is 2.73. The molecular formula is C18H14ClN5OS. The number of halogens is 1. The van der Waals surface area contributed by atoms with Crippen molar-refractivity contribution in [1.29, 1.82) is 0 Å². The molecule has 0 radical (unpaired) electrons. The van der Waals surface area contributed by atoms with E-state index in [1.54, 1.807) is 24.3 Å². The number of fused-ring (bicyclic) bond motifs is 1. The van der Waals surface area contributed by atoms with Crippen LogP contribution in [-0.2, 0) is 0 Å². The summed E-state index contributed by atoms with van der Waals surface area (Å²) in [6, 6.07) is 15.4. The molecule has 0 aliphatic rings. The maximum Gasteiger partial charge on any atom is 0.189 e. The first kappa shape index (κ1) is 16.6. The average molecular weight is 384 g/mol. The van der Waals surface area contributed by atoms with Crippen molar-refractivity contribution in [3.8, 4) is 5.75 Å². The Kier molecular flexibility index (Phi) is 4.55. The zero-order chi connectivity index (χ0) is 17.9. The molecule has 1 N–H and O–H groups in total. The van der Waals surface area contributed by atoms with Crippen molar-refractivity contribution in [2.75, 3.05) is 12.4 Å². The number of hydrogen-bond acceptors (Lipinski definition) is 6. The van der Waals surface area contributed by atoms with Gasteiger partial charge in [-0.05, 0) is 36.4 Å². The van der Waals surface area contributed by atoms with E-state index in [0.717, 1.165) is 27.3 Å². The fourth-order valence-electron chi connectivity index (χ4n) is 2.40. The number of anilines is 2. The highest BCUT2D eigenvalue weighted by molar-refractivity contribution is 7.17. The van der Waals surface area contributed by atoms with Crippen molar-refractivity contribution in [1.82, 2.24) is 14.6 Å². The highest BCUT2D eigenvalue weighted by Gasteiger charge is 2.08. The molecule has 0 saturated heterocycles. The molecule has 0 aliphatic heterocycles.